The Morgan fingerprint density at radius 1 is 0.758 bits per heavy atom. The number of fused-ring (bicyclic) bond motifs is 1. The Morgan fingerprint density at radius 2 is 1.27 bits per heavy atom. The van der Waals surface area contributed by atoms with Crippen LogP contribution in [-0.2, 0) is 22.7 Å². The van der Waals surface area contributed by atoms with Crippen molar-refractivity contribution in [2.45, 2.75) is 13.2 Å². The lowest BCUT2D eigenvalue weighted by molar-refractivity contribution is -0.141. The topological polar surface area (TPSA) is 96.0 Å². The van der Waals surface area contributed by atoms with Crippen molar-refractivity contribution >= 4 is 23.8 Å². The minimum Gasteiger partial charge on any atom is -0.445 e. The Bertz CT molecular complexity index is 1150. The Labute approximate surface area is 190 Å². The third kappa shape index (κ3) is 4.90. The van der Waals surface area contributed by atoms with E-state index in [1.165, 1.54) is 0 Å². The van der Waals surface area contributed by atoms with Gasteiger partial charge in [0.05, 0.1) is 17.7 Å². The molecule has 1 aliphatic heterocycles. The summed E-state index contributed by atoms with van der Waals surface area (Å²) in [5.74, 6) is -1.82. The molecule has 1 N–H and O–H groups in total. The lowest BCUT2D eigenvalue weighted by Gasteiger charge is -2.30. The van der Waals surface area contributed by atoms with E-state index in [1.54, 1.807) is 48.5 Å². The summed E-state index contributed by atoms with van der Waals surface area (Å²) in [6, 6.07) is 24.5. The van der Waals surface area contributed by atoms with Crippen LogP contribution in [0.15, 0.2) is 84.9 Å². The molecule has 0 saturated carbocycles. The normalized spacial score (nSPS) is 12.3. The lowest BCUT2D eigenvalue weighted by Crippen LogP contribution is -2.52. The number of carbonyl (C=O) groups is 4. The van der Waals surface area contributed by atoms with Crippen molar-refractivity contribution < 1.29 is 23.9 Å². The van der Waals surface area contributed by atoms with Crippen LogP contribution >= 0.6 is 0 Å². The molecular weight excluding hydrogens is 422 g/mol. The highest BCUT2D eigenvalue weighted by molar-refractivity contribution is 6.21. The van der Waals surface area contributed by atoms with E-state index in [2.05, 4.69) is 5.32 Å². The van der Waals surface area contributed by atoms with E-state index in [-0.39, 0.29) is 24.3 Å². The Kier molecular flexibility index (Phi) is 6.45. The minimum atomic E-state index is -0.783. The number of hydrogen-bond donors (Lipinski definition) is 1. The number of carbonyl (C=O) groups excluding carboxylic acids is 4. The standard InChI is InChI=1S/C25H21N3O5/c29-22(15-26-25(32)33-17-19-11-5-2-6-12-19)27(16-18-9-3-1-4-10-18)28-23(30)20-13-7-8-14-21(20)24(28)31/h1-14H,15-17H2,(H,26,32). The largest absolute Gasteiger partial charge is 0.445 e. The minimum absolute atomic E-state index is 0.0219. The van der Waals surface area contributed by atoms with Crippen molar-refractivity contribution in [2.24, 2.45) is 0 Å². The molecule has 8 nitrogen and oxygen atoms in total. The molecule has 3 aromatic rings. The number of hydrogen-bond acceptors (Lipinski definition) is 5. The van der Waals surface area contributed by atoms with E-state index >= 15 is 0 Å². The molecule has 4 rings (SSSR count). The van der Waals surface area contributed by atoms with Crippen molar-refractivity contribution in [3.63, 3.8) is 0 Å². The van der Waals surface area contributed by atoms with Gasteiger partial charge in [0.2, 0.25) is 0 Å². The first-order valence-electron chi connectivity index (χ1n) is 10.3. The number of benzene rings is 3. The summed E-state index contributed by atoms with van der Waals surface area (Å²) < 4.78 is 5.13. The van der Waals surface area contributed by atoms with Gasteiger partial charge in [0.25, 0.3) is 17.7 Å². The molecule has 3 aromatic carbocycles. The molecule has 0 aromatic heterocycles. The molecule has 166 valence electrons. The molecule has 1 aliphatic rings. The van der Waals surface area contributed by atoms with Gasteiger partial charge in [0.15, 0.2) is 0 Å². The average Bonchev–Trinajstić information content (AvgIpc) is 3.11. The first-order chi connectivity index (χ1) is 16.0. The molecule has 0 fully saturated rings. The maximum atomic E-state index is 13.1. The van der Waals surface area contributed by atoms with Crippen LogP contribution in [-0.4, -0.2) is 40.4 Å². The number of hydrazine groups is 1. The molecule has 0 bridgehead atoms. The first-order valence-corrected chi connectivity index (χ1v) is 10.3. The predicted octanol–water partition coefficient (Wildman–Crippen LogP) is 3.15. The zero-order valence-corrected chi connectivity index (χ0v) is 17.6. The maximum absolute atomic E-state index is 13.1. The summed E-state index contributed by atoms with van der Waals surface area (Å²) in [4.78, 5) is 51.0. The fourth-order valence-corrected chi connectivity index (χ4v) is 3.44. The van der Waals surface area contributed by atoms with Gasteiger partial charge >= 0.3 is 6.09 Å². The lowest BCUT2D eigenvalue weighted by atomic mass is 10.1. The van der Waals surface area contributed by atoms with E-state index in [0.717, 1.165) is 15.6 Å². The Balaban J connectivity index is 1.47. The molecule has 0 atom stereocenters. The van der Waals surface area contributed by atoms with Crippen molar-refractivity contribution in [3.8, 4) is 0 Å². The summed E-state index contributed by atoms with van der Waals surface area (Å²) in [5, 5.41) is 4.27. The van der Waals surface area contributed by atoms with Crippen LogP contribution < -0.4 is 5.32 Å². The summed E-state index contributed by atoms with van der Waals surface area (Å²) in [6.45, 7) is -0.424. The van der Waals surface area contributed by atoms with Gasteiger partial charge in [-0.1, -0.05) is 72.8 Å². The van der Waals surface area contributed by atoms with Gasteiger partial charge in [-0.25, -0.2) is 9.80 Å². The SMILES string of the molecule is O=C(NCC(=O)N(Cc1ccccc1)N1C(=O)c2ccccc2C1=O)OCc1ccccc1. The summed E-state index contributed by atoms with van der Waals surface area (Å²) in [7, 11) is 0. The van der Waals surface area contributed by atoms with Crippen molar-refractivity contribution in [3.05, 3.63) is 107 Å². The number of imide groups is 1. The van der Waals surface area contributed by atoms with Gasteiger partial charge in [-0.15, -0.1) is 0 Å². The molecule has 8 heteroatoms. The van der Waals surface area contributed by atoms with Crippen LogP contribution in [0.25, 0.3) is 0 Å². The van der Waals surface area contributed by atoms with Crippen molar-refractivity contribution in [2.75, 3.05) is 6.54 Å². The quantitative estimate of drug-likeness (QED) is 0.566. The summed E-state index contributed by atoms with van der Waals surface area (Å²) in [6.07, 6.45) is -0.783. The maximum Gasteiger partial charge on any atom is 0.407 e. The zero-order valence-electron chi connectivity index (χ0n) is 17.6. The predicted molar refractivity (Wildman–Crippen MR) is 119 cm³/mol. The molecule has 0 radical (unpaired) electrons. The van der Waals surface area contributed by atoms with E-state index in [0.29, 0.717) is 5.56 Å². The second-order valence-corrected chi connectivity index (χ2v) is 7.32. The Hall–Kier alpha value is -4.46. The van der Waals surface area contributed by atoms with Gasteiger partial charge in [-0.05, 0) is 23.3 Å². The van der Waals surface area contributed by atoms with Crippen LogP contribution in [0, 0.1) is 0 Å². The third-order valence-electron chi connectivity index (χ3n) is 5.07. The fraction of sp³-hybridized carbons (Fsp3) is 0.120. The van der Waals surface area contributed by atoms with Crippen molar-refractivity contribution in [1.29, 1.82) is 0 Å². The highest BCUT2D eigenvalue weighted by atomic mass is 16.5. The number of rotatable bonds is 7. The zero-order chi connectivity index (χ0) is 23.2. The van der Waals surface area contributed by atoms with Crippen molar-refractivity contribution in [1.82, 2.24) is 15.3 Å². The third-order valence-corrected chi connectivity index (χ3v) is 5.07. The molecule has 33 heavy (non-hydrogen) atoms. The molecule has 0 spiro atoms. The van der Waals surface area contributed by atoms with Gasteiger partial charge in [0.1, 0.15) is 13.2 Å². The van der Waals surface area contributed by atoms with Crippen LogP contribution in [0.4, 0.5) is 4.79 Å². The van der Waals surface area contributed by atoms with Gasteiger partial charge in [-0.2, -0.15) is 5.01 Å². The van der Waals surface area contributed by atoms with E-state index < -0.39 is 30.4 Å². The number of amides is 4. The molecule has 4 amide bonds. The van der Waals surface area contributed by atoms with E-state index in [9.17, 15) is 19.2 Å². The highest BCUT2D eigenvalue weighted by Gasteiger charge is 2.41. The van der Waals surface area contributed by atoms with Crippen LogP contribution in [0.5, 0.6) is 0 Å². The van der Waals surface area contributed by atoms with Crippen LogP contribution in [0.2, 0.25) is 0 Å². The van der Waals surface area contributed by atoms with Gasteiger partial charge in [-0.3, -0.25) is 14.4 Å². The molecule has 0 aliphatic carbocycles. The van der Waals surface area contributed by atoms with Crippen LogP contribution in [0.1, 0.15) is 31.8 Å². The first kappa shape index (κ1) is 21.8. The number of ether oxygens (including phenoxy) is 1. The Morgan fingerprint density at radius 3 is 1.85 bits per heavy atom. The number of nitrogens with one attached hydrogen (secondary N) is 1. The molecular formula is C25H21N3O5. The average molecular weight is 443 g/mol. The second kappa shape index (κ2) is 9.78. The van der Waals surface area contributed by atoms with Gasteiger partial charge < -0.3 is 10.1 Å². The van der Waals surface area contributed by atoms with E-state index in [1.807, 2.05) is 36.4 Å². The molecule has 1 heterocycles. The van der Waals surface area contributed by atoms with Crippen LogP contribution in [0.3, 0.4) is 0 Å². The molecule has 0 saturated heterocycles. The van der Waals surface area contributed by atoms with E-state index in [4.69, 9.17) is 4.74 Å². The van der Waals surface area contributed by atoms with Gasteiger partial charge in [0, 0.05) is 0 Å². The fourth-order valence-electron chi connectivity index (χ4n) is 3.44. The monoisotopic (exact) mass is 443 g/mol. The highest BCUT2D eigenvalue weighted by Crippen LogP contribution is 2.25. The smallest absolute Gasteiger partial charge is 0.407 e. The summed E-state index contributed by atoms with van der Waals surface area (Å²) in [5.41, 5.74) is 1.97. The number of nitrogens with zero attached hydrogens (tertiary/aromatic N) is 2. The second-order valence-electron chi connectivity index (χ2n) is 7.32. The molecule has 0 unspecified atom stereocenters. The number of alkyl carbamates (subject to hydrolysis) is 1. The summed E-state index contributed by atoms with van der Waals surface area (Å²) >= 11 is 0.